The van der Waals surface area contributed by atoms with Crippen LogP contribution in [0.4, 0.5) is 11.4 Å². The first-order chi connectivity index (χ1) is 9.74. The van der Waals surface area contributed by atoms with Gasteiger partial charge in [0.15, 0.2) is 0 Å². The molecule has 3 rings (SSSR count). The van der Waals surface area contributed by atoms with Gasteiger partial charge in [0.05, 0.1) is 6.33 Å². The molecule has 2 N–H and O–H groups in total. The molecular weight excluding hydrogens is 252 g/mol. The highest BCUT2D eigenvalue weighted by molar-refractivity contribution is 6.03. The molecule has 0 spiro atoms. The first kappa shape index (κ1) is 12.7. The zero-order valence-electron chi connectivity index (χ0n) is 11.5. The number of rotatable bonds is 3. The Morgan fingerprint density at radius 3 is 2.55 bits per heavy atom. The van der Waals surface area contributed by atoms with Crippen molar-refractivity contribution in [1.82, 2.24) is 9.97 Å². The summed E-state index contributed by atoms with van der Waals surface area (Å²) >= 11 is 0. The fourth-order valence-corrected chi connectivity index (χ4v) is 2.51. The molecule has 1 aliphatic rings. The second kappa shape index (κ2) is 5.36. The number of aromatic nitrogens is 2. The van der Waals surface area contributed by atoms with Crippen LogP contribution in [0.5, 0.6) is 0 Å². The Morgan fingerprint density at radius 2 is 1.95 bits per heavy atom. The second-order valence-corrected chi connectivity index (χ2v) is 5.07. The Bertz CT molecular complexity index is 597. The van der Waals surface area contributed by atoms with E-state index in [1.807, 2.05) is 19.1 Å². The van der Waals surface area contributed by atoms with Gasteiger partial charge in [-0.05, 0) is 44.0 Å². The van der Waals surface area contributed by atoms with Crippen molar-refractivity contribution in [3.8, 4) is 0 Å². The third-order valence-corrected chi connectivity index (χ3v) is 3.64. The van der Waals surface area contributed by atoms with Gasteiger partial charge in [-0.3, -0.25) is 4.79 Å². The van der Waals surface area contributed by atoms with Crippen LogP contribution in [0.1, 0.15) is 29.0 Å². The molecule has 1 saturated heterocycles. The monoisotopic (exact) mass is 270 g/mol. The molecule has 1 aliphatic heterocycles. The molecule has 0 aliphatic carbocycles. The Labute approximate surface area is 118 Å². The molecule has 0 radical (unpaired) electrons. The molecule has 1 amide bonds. The lowest BCUT2D eigenvalue weighted by Gasteiger charge is -2.17. The zero-order valence-corrected chi connectivity index (χ0v) is 11.5. The Balaban J connectivity index is 1.69. The van der Waals surface area contributed by atoms with Gasteiger partial charge in [0.1, 0.15) is 5.69 Å². The number of carbonyl (C=O) groups is 1. The van der Waals surface area contributed by atoms with Crippen LogP contribution >= 0.6 is 0 Å². The number of aryl methyl sites for hydroxylation is 1. The number of carbonyl (C=O) groups excluding carboxylic acids is 1. The molecule has 104 valence electrons. The third kappa shape index (κ3) is 2.52. The number of hydrogen-bond acceptors (Lipinski definition) is 3. The maximum atomic E-state index is 12.0. The summed E-state index contributed by atoms with van der Waals surface area (Å²) < 4.78 is 0. The van der Waals surface area contributed by atoms with Crippen molar-refractivity contribution in [2.45, 2.75) is 19.8 Å². The molecule has 0 atom stereocenters. The van der Waals surface area contributed by atoms with Gasteiger partial charge in [0.25, 0.3) is 5.91 Å². The molecular formula is C15H18N4O. The van der Waals surface area contributed by atoms with E-state index >= 15 is 0 Å². The highest BCUT2D eigenvalue weighted by Crippen LogP contribution is 2.22. The average Bonchev–Trinajstić information content (AvgIpc) is 3.10. The van der Waals surface area contributed by atoms with Crippen molar-refractivity contribution in [2.75, 3.05) is 23.3 Å². The van der Waals surface area contributed by atoms with Gasteiger partial charge in [-0.1, -0.05) is 0 Å². The van der Waals surface area contributed by atoms with Crippen molar-refractivity contribution < 1.29 is 4.79 Å². The van der Waals surface area contributed by atoms with E-state index in [0.29, 0.717) is 5.69 Å². The highest BCUT2D eigenvalue weighted by Gasteiger charge is 2.14. The molecule has 1 aromatic carbocycles. The molecule has 0 unspecified atom stereocenters. The number of aromatic amines is 1. The molecule has 5 nitrogen and oxygen atoms in total. The summed E-state index contributed by atoms with van der Waals surface area (Å²) in [5, 5.41) is 2.86. The molecule has 20 heavy (non-hydrogen) atoms. The minimum atomic E-state index is -0.183. The lowest BCUT2D eigenvalue weighted by molar-refractivity contribution is 0.102. The average molecular weight is 270 g/mol. The summed E-state index contributed by atoms with van der Waals surface area (Å²) in [6.07, 6.45) is 4.05. The van der Waals surface area contributed by atoms with E-state index < -0.39 is 0 Å². The first-order valence-corrected chi connectivity index (χ1v) is 6.90. The van der Waals surface area contributed by atoms with Gasteiger partial charge in [-0.2, -0.15) is 0 Å². The SMILES string of the molecule is Cc1[nH]cnc1C(=O)Nc1ccc(N2CCCC2)cc1. The number of imidazole rings is 1. The quantitative estimate of drug-likeness (QED) is 0.901. The predicted octanol–water partition coefficient (Wildman–Crippen LogP) is 2.57. The number of benzene rings is 1. The Morgan fingerprint density at radius 1 is 1.25 bits per heavy atom. The van der Waals surface area contributed by atoms with Crippen molar-refractivity contribution in [2.24, 2.45) is 0 Å². The maximum Gasteiger partial charge on any atom is 0.276 e. The third-order valence-electron chi connectivity index (χ3n) is 3.64. The lowest BCUT2D eigenvalue weighted by atomic mass is 10.2. The molecule has 0 bridgehead atoms. The summed E-state index contributed by atoms with van der Waals surface area (Å²) in [6, 6.07) is 7.98. The second-order valence-electron chi connectivity index (χ2n) is 5.07. The van der Waals surface area contributed by atoms with Gasteiger partial charge < -0.3 is 15.2 Å². The standard InChI is InChI=1S/C15H18N4O/c1-11-14(17-10-16-11)15(20)18-12-4-6-13(7-5-12)19-8-2-3-9-19/h4-7,10H,2-3,8-9H2,1H3,(H,16,17)(H,18,20). The fraction of sp³-hybridized carbons (Fsp3) is 0.333. The van der Waals surface area contributed by atoms with Crippen molar-refractivity contribution in [3.05, 3.63) is 42.0 Å². The topological polar surface area (TPSA) is 61.0 Å². The molecule has 0 saturated carbocycles. The predicted molar refractivity (Wildman–Crippen MR) is 79.2 cm³/mol. The van der Waals surface area contributed by atoms with E-state index in [2.05, 4.69) is 32.3 Å². The van der Waals surface area contributed by atoms with Gasteiger partial charge in [0.2, 0.25) is 0 Å². The van der Waals surface area contributed by atoms with E-state index in [-0.39, 0.29) is 5.91 Å². The van der Waals surface area contributed by atoms with E-state index in [0.717, 1.165) is 24.5 Å². The first-order valence-electron chi connectivity index (χ1n) is 6.90. The number of amides is 1. The molecule has 1 fully saturated rings. The lowest BCUT2D eigenvalue weighted by Crippen LogP contribution is -2.17. The van der Waals surface area contributed by atoms with Crippen molar-refractivity contribution >= 4 is 17.3 Å². The number of anilines is 2. The Kier molecular flexibility index (Phi) is 3.41. The number of H-pyrrole nitrogens is 1. The van der Waals surface area contributed by atoms with E-state index in [9.17, 15) is 4.79 Å². The smallest absolute Gasteiger partial charge is 0.276 e. The van der Waals surface area contributed by atoms with E-state index in [4.69, 9.17) is 0 Å². The van der Waals surface area contributed by atoms with Crippen LogP contribution in [-0.4, -0.2) is 29.0 Å². The van der Waals surface area contributed by atoms with Crippen molar-refractivity contribution in [3.63, 3.8) is 0 Å². The van der Waals surface area contributed by atoms with E-state index in [1.54, 1.807) is 0 Å². The molecule has 2 aromatic rings. The van der Waals surface area contributed by atoms with Crippen molar-refractivity contribution in [1.29, 1.82) is 0 Å². The van der Waals surface area contributed by atoms with Crippen LogP contribution in [0, 0.1) is 6.92 Å². The van der Waals surface area contributed by atoms with Crippen LogP contribution in [-0.2, 0) is 0 Å². The van der Waals surface area contributed by atoms with Gasteiger partial charge >= 0.3 is 0 Å². The number of hydrogen-bond donors (Lipinski definition) is 2. The summed E-state index contributed by atoms with van der Waals surface area (Å²) in [7, 11) is 0. The molecule has 2 heterocycles. The normalized spacial score (nSPS) is 14.6. The maximum absolute atomic E-state index is 12.0. The van der Waals surface area contributed by atoms with Crippen LogP contribution in [0.15, 0.2) is 30.6 Å². The largest absolute Gasteiger partial charge is 0.372 e. The van der Waals surface area contributed by atoms with Crippen LogP contribution < -0.4 is 10.2 Å². The van der Waals surface area contributed by atoms with Gasteiger partial charge in [-0.25, -0.2) is 4.98 Å². The minimum absolute atomic E-state index is 0.183. The minimum Gasteiger partial charge on any atom is -0.372 e. The van der Waals surface area contributed by atoms with Crippen LogP contribution in [0.3, 0.4) is 0 Å². The van der Waals surface area contributed by atoms with Gasteiger partial charge in [0, 0.05) is 30.2 Å². The summed E-state index contributed by atoms with van der Waals surface area (Å²) in [4.78, 5) is 21.3. The molecule has 1 aromatic heterocycles. The summed E-state index contributed by atoms with van der Waals surface area (Å²) in [5.41, 5.74) is 3.22. The number of nitrogens with one attached hydrogen (secondary N) is 2. The fourth-order valence-electron chi connectivity index (χ4n) is 2.51. The van der Waals surface area contributed by atoms with Crippen LogP contribution in [0.2, 0.25) is 0 Å². The zero-order chi connectivity index (χ0) is 13.9. The van der Waals surface area contributed by atoms with Gasteiger partial charge in [-0.15, -0.1) is 0 Å². The summed E-state index contributed by atoms with van der Waals surface area (Å²) in [6.45, 7) is 4.08. The number of nitrogens with zero attached hydrogens (tertiary/aromatic N) is 2. The molecule has 5 heteroatoms. The summed E-state index contributed by atoms with van der Waals surface area (Å²) in [5.74, 6) is -0.183. The highest BCUT2D eigenvalue weighted by atomic mass is 16.1. The van der Waals surface area contributed by atoms with Crippen LogP contribution in [0.25, 0.3) is 0 Å². The Hall–Kier alpha value is -2.30. The van der Waals surface area contributed by atoms with E-state index in [1.165, 1.54) is 24.9 Å².